The molecule has 0 spiro atoms. The highest BCUT2D eigenvalue weighted by atomic mass is 19.4. The van der Waals surface area contributed by atoms with Crippen molar-refractivity contribution in [1.29, 1.82) is 5.41 Å². The second-order valence-electron chi connectivity index (χ2n) is 5.40. The van der Waals surface area contributed by atoms with Crippen molar-refractivity contribution in [2.24, 2.45) is 22.7 Å². The molecule has 0 aromatic heterocycles. The zero-order valence-corrected chi connectivity index (χ0v) is 10.7. The minimum Gasteiger partial charge on any atom is -0.369 e. The highest BCUT2D eigenvalue weighted by Crippen LogP contribution is 2.41. The van der Waals surface area contributed by atoms with E-state index < -0.39 is 12.1 Å². The molecular weight excluding hydrogens is 257 g/mol. The van der Waals surface area contributed by atoms with Gasteiger partial charge in [0.05, 0.1) is 5.92 Å². The molecular formula is C12H19F3N4. The van der Waals surface area contributed by atoms with Gasteiger partial charge in [-0.3, -0.25) is 5.41 Å². The first-order chi connectivity index (χ1) is 8.86. The third-order valence-electron chi connectivity index (χ3n) is 3.92. The molecule has 0 saturated heterocycles. The fourth-order valence-electron chi connectivity index (χ4n) is 2.93. The van der Waals surface area contributed by atoms with Crippen LogP contribution in [0.5, 0.6) is 0 Å². The lowest BCUT2D eigenvalue weighted by atomic mass is 9.78. The Balaban J connectivity index is 1.90. The maximum Gasteiger partial charge on any atom is 0.391 e. The highest BCUT2D eigenvalue weighted by Gasteiger charge is 2.42. The Hall–Kier alpha value is -1.27. The summed E-state index contributed by atoms with van der Waals surface area (Å²) < 4.78 is 38.1. The Kier molecular flexibility index (Phi) is 4.01. The average Bonchev–Trinajstić information content (AvgIpc) is 2.77. The van der Waals surface area contributed by atoms with Crippen LogP contribution in [0.1, 0.15) is 38.5 Å². The van der Waals surface area contributed by atoms with E-state index in [2.05, 4.69) is 5.10 Å². The van der Waals surface area contributed by atoms with E-state index in [0.717, 1.165) is 12.1 Å². The minimum atomic E-state index is -4.07. The van der Waals surface area contributed by atoms with Gasteiger partial charge in [0.2, 0.25) is 5.96 Å². The molecule has 3 N–H and O–H groups in total. The Morgan fingerprint density at radius 2 is 2.16 bits per heavy atom. The van der Waals surface area contributed by atoms with Crippen molar-refractivity contribution in [1.82, 2.24) is 5.01 Å². The Bertz CT molecular complexity index is 378. The van der Waals surface area contributed by atoms with Crippen molar-refractivity contribution in [2.45, 2.75) is 44.7 Å². The fourth-order valence-corrected chi connectivity index (χ4v) is 2.93. The number of nitrogens with zero attached hydrogens (tertiary/aromatic N) is 2. The second kappa shape index (κ2) is 5.38. The van der Waals surface area contributed by atoms with E-state index in [-0.39, 0.29) is 24.7 Å². The van der Waals surface area contributed by atoms with Crippen LogP contribution in [0, 0.1) is 17.2 Å². The Morgan fingerprint density at radius 3 is 2.74 bits per heavy atom. The van der Waals surface area contributed by atoms with Crippen LogP contribution in [-0.2, 0) is 0 Å². The normalized spacial score (nSPS) is 28.4. The topological polar surface area (TPSA) is 65.5 Å². The first-order valence-corrected chi connectivity index (χ1v) is 6.61. The summed E-state index contributed by atoms with van der Waals surface area (Å²) in [4.78, 5) is 0. The van der Waals surface area contributed by atoms with Gasteiger partial charge in [0.1, 0.15) is 0 Å². The summed E-state index contributed by atoms with van der Waals surface area (Å²) in [5, 5.41) is 12.9. The molecule has 2 atom stereocenters. The molecule has 0 aromatic rings. The van der Waals surface area contributed by atoms with Gasteiger partial charge in [-0.25, -0.2) is 5.01 Å². The maximum atomic E-state index is 12.7. The number of nitrogens with one attached hydrogen (secondary N) is 1. The van der Waals surface area contributed by atoms with Gasteiger partial charge < -0.3 is 5.73 Å². The molecule has 108 valence electrons. The van der Waals surface area contributed by atoms with Crippen molar-refractivity contribution >= 4 is 11.7 Å². The SMILES string of the molecule is N=C(N)N1CCC(CC2CCCC(C(F)(F)F)C2)=N1. The van der Waals surface area contributed by atoms with Gasteiger partial charge in [-0.2, -0.15) is 18.3 Å². The summed E-state index contributed by atoms with van der Waals surface area (Å²) >= 11 is 0. The molecule has 4 nitrogen and oxygen atoms in total. The molecule has 0 bridgehead atoms. The minimum absolute atomic E-state index is 0.0611. The summed E-state index contributed by atoms with van der Waals surface area (Å²) in [5.74, 6) is -1.20. The van der Waals surface area contributed by atoms with Crippen LogP contribution in [0.4, 0.5) is 13.2 Å². The number of alkyl halides is 3. The van der Waals surface area contributed by atoms with Crippen LogP contribution in [0.25, 0.3) is 0 Å². The molecule has 2 rings (SSSR count). The zero-order valence-electron chi connectivity index (χ0n) is 10.7. The van der Waals surface area contributed by atoms with E-state index in [1.54, 1.807) is 0 Å². The first kappa shape index (κ1) is 14.1. The Labute approximate surface area is 110 Å². The number of hydrazone groups is 1. The van der Waals surface area contributed by atoms with Gasteiger partial charge in [-0.05, 0) is 25.2 Å². The van der Waals surface area contributed by atoms with Crippen LogP contribution >= 0.6 is 0 Å². The summed E-state index contributed by atoms with van der Waals surface area (Å²) in [6.07, 6.45) is -0.816. The predicted octanol–water partition coefficient (Wildman–Crippen LogP) is 2.70. The molecule has 1 saturated carbocycles. The molecule has 1 aliphatic heterocycles. The monoisotopic (exact) mass is 276 g/mol. The van der Waals surface area contributed by atoms with Gasteiger partial charge in [-0.1, -0.05) is 12.8 Å². The lowest BCUT2D eigenvalue weighted by molar-refractivity contribution is -0.185. The summed E-state index contributed by atoms with van der Waals surface area (Å²) in [6, 6.07) is 0. The van der Waals surface area contributed by atoms with Gasteiger partial charge in [0, 0.05) is 18.7 Å². The van der Waals surface area contributed by atoms with Crippen molar-refractivity contribution in [3.8, 4) is 0 Å². The lowest BCUT2D eigenvalue weighted by Crippen LogP contribution is -2.30. The van der Waals surface area contributed by atoms with E-state index >= 15 is 0 Å². The number of rotatable bonds is 2. The molecule has 7 heteroatoms. The van der Waals surface area contributed by atoms with E-state index in [4.69, 9.17) is 11.1 Å². The number of guanidine groups is 1. The smallest absolute Gasteiger partial charge is 0.369 e. The molecule has 0 amide bonds. The van der Waals surface area contributed by atoms with E-state index in [0.29, 0.717) is 25.8 Å². The van der Waals surface area contributed by atoms with Crippen molar-refractivity contribution in [3.05, 3.63) is 0 Å². The molecule has 2 aliphatic rings. The quantitative estimate of drug-likeness (QED) is 0.601. The van der Waals surface area contributed by atoms with Gasteiger partial charge >= 0.3 is 6.18 Å². The highest BCUT2D eigenvalue weighted by molar-refractivity contribution is 5.89. The van der Waals surface area contributed by atoms with Crippen molar-refractivity contribution in [3.63, 3.8) is 0 Å². The maximum absolute atomic E-state index is 12.7. The molecule has 0 radical (unpaired) electrons. The standard InChI is InChI=1S/C12H19F3N4/c13-12(14,15)9-3-1-2-8(6-9)7-10-4-5-19(18-10)11(16)17/h8-9H,1-7H2,(H3,16,17). The largest absolute Gasteiger partial charge is 0.391 e. The molecule has 2 unspecified atom stereocenters. The number of hydrogen-bond acceptors (Lipinski definition) is 2. The summed E-state index contributed by atoms with van der Waals surface area (Å²) in [7, 11) is 0. The molecule has 1 heterocycles. The summed E-state index contributed by atoms with van der Waals surface area (Å²) in [6.45, 7) is 0.570. The molecule has 19 heavy (non-hydrogen) atoms. The predicted molar refractivity (Wildman–Crippen MR) is 66.8 cm³/mol. The first-order valence-electron chi connectivity index (χ1n) is 6.61. The van der Waals surface area contributed by atoms with Gasteiger partial charge in [0.15, 0.2) is 0 Å². The summed E-state index contributed by atoms with van der Waals surface area (Å²) in [5.41, 5.74) is 6.20. The van der Waals surface area contributed by atoms with Gasteiger partial charge in [0.25, 0.3) is 0 Å². The number of nitrogens with two attached hydrogens (primary N) is 1. The van der Waals surface area contributed by atoms with E-state index in [1.165, 1.54) is 5.01 Å². The van der Waals surface area contributed by atoms with Crippen LogP contribution < -0.4 is 5.73 Å². The third-order valence-corrected chi connectivity index (χ3v) is 3.92. The Morgan fingerprint density at radius 1 is 1.42 bits per heavy atom. The lowest BCUT2D eigenvalue weighted by Gasteiger charge is -2.30. The second-order valence-corrected chi connectivity index (χ2v) is 5.40. The van der Waals surface area contributed by atoms with E-state index in [9.17, 15) is 13.2 Å². The third kappa shape index (κ3) is 3.61. The van der Waals surface area contributed by atoms with Crippen LogP contribution in [0.2, 0.25) is 0 Å². The van der Waals surface area contributed by atoms with Crippen LogP contribution in [0.15, 0.2) is 5.10 Å². The van der Waals surface area contributed by atoms with Crippen LogP contribution in [0.3, 0.4) is 0 Å². The van der Waals surface area contributed by atoms with Crippen molar-refractivity contribution < 1.29 is 13.2 Å². The number of hydrogen-bond donors (Lipinski definition) is 2. The molecule has 0 aromatic carbocycles. The average molecular weight is 276 g/mol. The van der Waals surface area contributed by atoms with E-state index in [1.807, 2.05) is 0 Å². The van der Waals surface area contributed by atoms with Crippen LogP contribution in [-0.4, -0.2) is 29.4 Å². The fraction of sp³-hybridized carbons (Fsp3) is 0.833. The number of halogens is 3. The van der Waals surface area contributed by atoms with Crippen molar-refractivity contribution in [2.75, 3.05) is 6.54 Å². The zero-order chi connectivity index (χ0) is 14.0. The molecule has 1 aliphatic carbocycles. The van der Waals surface area contributed by atoms with Gasteiger partial charge in [-0.15, -0.1) is 0 Å². The molecule has 1 fully saturated rings.